The van der Waals surface area contributed by atoms with E-state index in [4.69, 9.17) is 0 Å². The molecule has 2 rings (SSSR count). The minimum Gasteiger partial charge on any atom is -0.164 e. The van der Waals surface area contributed by atoms with Crippen LogP contribution >= 0.6 is 0 Å². The van der Waals surface area contributed by atoms with Gasteiger partial charge >= 0.3 is 0 Å². The predicted octanol–water partition coefficient (Wildman–Crippen LogP) is 4.35. The second-order valence-corrected chi connectivity index (χ2v) is 5.20. The fourth-order valence-corrected chi connectivity index (χ4v) is 2.70. The quantitative estimate of drug-likeness (QED) is 0.554. The van der Waals surface area contributed by atoms with Crippen molar-refractivity contribution in [3.63, 3.8) is 0 Å². The van der Waals surface area contributed by atoms with Crippen LogP contribution in [0.4, 0.5) is 0 Å². The normalized spacial score (nSPS) is 18.9. The third kappa shape index (κ3) is 2.87. The number of aryl methyl sites for hydroxylation is 1. The lowest BCUT2D eigenvalue weighted by Gasteiger charge is -2.34. The van der Waals surface area contributed by atoms with Crippen LogP contribution in [-0.2, 0) is 0 Å². The summed E-state index contributed by atoms with van der Waals surface area (Å²) < 4.78 is 0. The molecule has 0 radical (unpaired) electrons. The molecule has 96 valence electrons. The van der Waals surface area contributed by atoms with E-state index in [0.717, 1.165) is 11.6 Å². The maximum absolute atomic E-state index is 4.34. The van der Waals surface area contributed by atoms with Gasteiger partial charge < -0.3 is 0 Å². The van der Waals surface area contributed by atoms with E-state index in [0.29, 0.717) is 5.92 Å². The zero-order chi connectivity index (χ0) is 13.0. The van der Waals surface area contributed by atoms with Gasteiger partial charge in [0, 0.05) is 17.8 Å². The van der Waals surface area contributed by atoms with Crippen LogP contribution in [0.15, 0.2) is 34.5 Å². The van der Waals surface area contributed by atoms with Gasteiger partial charge in [-0.25, -0.2) is 0 Å². The Morgan fingerprint density at radius 3 is 2.72 bits per heavy atom. The molecular weight excluding hydrogens is 220 g/mol. The highest BCUT2D eigenvalue weighted by atomic mass is 15.2. The van der Waals surface area contributed by atoms with Gasteiger partial charge in [-0.15, -0.1) is 0 Å². The molecule has 2 heteroatoms. The maximum atomic E-state index is 4.34. The van der Waals surface area contributed by atoms with E-state index in [-0.39, 0.29) is 0 Å². The van der Waals surface area contributed by atoms with E-state index >= 15 is 0 Å². The molecule has 0 aromatic heterocycles. The highest BCUT2D eigenvalue weighted by Gasteiger charge is 2.30. The smallest absolute Gasteiger partial charge is 0.0452 e. The Bertz CT molecular complexity index is 456. The van der Waals surface area contributed by atoms with Gasteiger partial charge in [-0.1, -0.05) is 36.2 Å². The molecule has 1 aliphatic rings. The Morgan fingerprint density at radius 2 is 2.17 bits per heavy atom. The van der Waals surface area contributed by atoms with Crippen molar-refractivity contribution < 1.29 is 0 Å². The van der Waals surface area contributed by atoms with E-state index in [1.165, 1.54) is 30.4 Å². The van der Waals surface area contributed by atoms with Crippen LogP contribution in [0.25, 0.3) is 0 Å². The van der Waals surface area contributed by atoms with Crippen molar-refractivity contribution in [1.82, 2.24) is 0 Å². The van der Waals surface area contributed by atoms with Crippen molar-refractivity contribution in [3.05, 3.63) is 35.4 Å². The molecular formula is C16H22N2. The first-order valence-electron chi connectivity index (χ1n) is 6.81. The molecule has 1 aromatic carbocycles. The van der Waals surface area contributed by atoms with E-state index in [1.807, 2.05) is 6.92 Å². The van der Waals surface area contributed by atoms with Gasteiger partial charge in [0.2, 0.25) is 0 Å². The first-order valence-corrected chi connectivity index (χ1v) is 6.81. The molecule has 1 aliphatic carbocycles. The van der Waals surface area contributed by atoms with Gasteiger partial charge in [-0.2, -0.15) is 10.2 Å². The highest BCUT2D eigenvalue weighted by Crippen LogP contribution is 2.40. The van der Waals surface area contributed by atoms with Crippen molar-refractivity contribution in [3.8, 4) is 0 Å². The summed E-state index contributed by atoms with van der Waals surface area (Å²) in [4.78, 5) is 0. The average Bonchev–Trinajstić information content (AvgIpc) is 2.30. The number of hydrogen-bond donors (Lipinski definition) is 0. The zero-order valence-electron chi connectivity index (χ0n) is 11.6. The first-order chi connectivity index (χ1) is 8.72. The van der Waals surface area contributed by atoms with E-state index in [1.54, 1.807) is 6.21 Å². The van der Waals surface area contributed by atoms with Crippen LogP contribution in [0.2, 0.25) is 0 Å². The molecule has 1 atom stereocenters. The minimum absolute atomic E-state index is 0.447. The Balaban J connectivity index is 2.30. The molecule has 0 saturated heterocycles. The topological polar surface area (TPSA) is 24.7 Å². The first kappa shape index (κ1) is 13.0. The van der Waals surface area contributed by atoms with Crippen LogP contribution in [0.5, 0.6) is 0 Å². The van der Waals surface area contributed by atoms with Gasteiger partial charge in [-0.05, 0) is 45.1 Å². The monoisotopic (exact) mass is 242 g/mol. The van der Waals surface area contributed by atoms with Crippen LogP contribution < -0.4 is 0 Å². The molecule has 1 saturated carbocycles. The van der Waals surface area contributed by atoms with Crippen molar-refractivity contribution >= 4 is 11.9 Å². The summed E-state index contributed by atoms with van der Waals surface area (Å²) in [5, 5.41) is 8.38. The average molecular weight is 242 g/mol. The number of benzene rings is 1. The Labute approximate surface area is 110 Å². The van der Waals surface area contributed by atoms with Gasteiger partial charge in [0.25, 0.3) is 0 Å². The molecule has 1 aromatic rings. The summed E-state index contributed by atoms with van der Waals surface area (Å²) in [6, 6.07) is 8.81. The summed E-state index contributed by atoms with van der Waals surface area (Å²) in [7, 11) is 0. The standard InChI is InChI=1S/C16H22N2/c1-4-17-18-13(3)16(14-8-6-9-14)15-10-5-7-12(2)11-15/h4-5,7,10-11,14,16H,6,8-9H2,1-3H3/b17-4-,18-13+. The van der Waals surface area contributed by atoms with Crippen LogP contribution in [0.1, 0.15) is 50.2 Å². The molecule has 1 unspecified atom stereocenters. The second-order valence-electron chi connectivity index (χ2n) is 5.20. The summed E-state index contributed by atoms with van der Waals surface area (Å²) in [5.74, 6) is 1.20. The summed E-state index contributed by atoms with van der Waals surface area (Å²) in [6.45, 7) is 6.16. The van der Waals surface area contributed by atoms with E-state index in [9.17, 15) is 0 Å². The lowest BCUT2D eigenvalue weighted by atomic mass is 9.71. The van der Waals surface area contributed by atoms with Gasteiger partial charge in [0.15, 0.2) is 0 Å². The summed E-state index contributed by atoms with van der Waals surface area (Å²) in [5.41, 5.74) is 3.86. The van der Waals surface area contributed by atoms with E-state index < -0.39 is 0 Å². The van der Waals surface area contributed by atoms with Crippen LogP contribution in [0.3, 0.4) is 0 Å². The van der Waals surface area contributed by atoms with Crippen LogP contribution in [-0.4, -0.2) is 11.9 Å². The third-order valence-electron chi connectivity index (χ3n) is 3.80. The van der Waals surface area contributed by atoms with Gasteiger partial charge in [-0.3, -0.25) is 0 Å². The molecule has 0 amide bonds. The number of rotatable bonds is 4. The molecule has 0 bridgehead atoms. The third-order valence-corrected chi connectivity index (χ3v) is 3.80. The predicted molar refractivity (Wildman–Crippen MR) is 78.5 cm³/mol. The lowest BCUT2D eigenvalue weighted by Crippen LogP contribution is -2.25. The lowest BCUT2D eigenvalue weighted by molar-refractivity contribution is 0.297. The van der Waals surface area contributed by atoms with Gasteiger partial charge in [0.1, 0.15) is 0 Å². The Hall–Kier alpha value is -1.44. The van der Waals surface area contributed by atoms with Crippen molar-refractivity contribution in [2.24, 2.45) is 16.1 Å². The zero-order valence-corrected chi connectivity index (χ0v) is 11.6. The SMILES string of the molecule is C/C=N\N=C(/C)C(c1cccc(C)c1)C1CCC1. The second kappa shape index (κ2) is 5.94. The number of nitrogens with zero attached hydrogens (tertiary/aromatic N) is 2. The van der Waals surface area contributed by atoms with Crippen molar-refractivity contribution in [1.29, 1.82) is 0 Å². The molecule has 1 fully saturated rings. The van der Waals surface area contributed by atoms with E-state index in [2.05, 4.69) is 48.3 Å². The minimum atomic E-state index is 0.447. The highest BCUT2D eigenvalue weighted by molar-refractivity contribution is 5.89. The molecule has 18 heavy (non-hydrogen) atoms. The molecule has 2 nitrogen and oxygen atoms in total. The van der Waals surface area contributed by atoms with Gasteiger partial charge in [0.05, 0.1) is 0 Å². The largest absolute Gasteiger partial charge is 0.164 e. The fraction of sp³-hybridized carbons (Fsp3) is 0.500. The Morgan fingerprint density at radius 1 is 1.39 bits per heavy atom. The summed E-state index contributed by atoms with van der Waals surface area (Å²) in [6.07, 6.45) is 5.75. The fourth-order valence-electron chi connectivity index (χ4n) is 2.70. The molecule has 0 heterocycles. The molecule has 0 N–H and O–H groups in total. The molecule has 0 spiro atoms. The van der Waals surface area contributed by atoms with Crippen molar-refractivity contribution in [2.75, 3.05) is 0 Å². The Kier molecular flexibility index (Phi) is 4.29. The number of hydrogen-bond acceptors (Lipinski definition) is 2. The van der Waals surface area contributed by atoms with Crippen molar-refractivity contribution in [2.45, 2.75) is 46.0 Å². The van der Waals surface area contributed by atoms with Crippen LogP contribution in [0, 0.1) is 12.8 Å². The molecule has 0 aliphatic heterocycles. The maximum Gasteiger partial charge on any atom is 0.0452 e. The summed E-state index contributed by atoms with van der Waals surface area (Å²) >= 11 is 0.